The van der Waals surface area contributed by atoms with Crippen LogP contribution >= 0.6 is 33.9 Å². The predicted octanol–water partition coefficient (Wildman–Crippen LogP) is 4.00. The van der Waals surface area contributed by atoms with Crippen molar-refractivity contribution in [2.24, 2.45) is 0 Å². The lowest BCUT2D eigenvalue weighted by Gasteiger charge is -2.04. The molecule has 2 aromatic heterocycles. The molecule has 0 bridgehead atoms. The molecule has 0 aliphatic heterocycles. The van der Waals surface area contributed by atoms with Crippen LogP contribution in [0.25, 0.3) is 11.3 Å². The zero-order chi connectivity index (χ0) is 13.9. The topological polar surface area (TPSA) is 57.8 Å². The maximum absolute atomic E-state index is 12.0. The minimum absolute atomic E-state index is 0.0848. The summed E-state index contributed by atoms with van der Waals surface area (Å²) in [6.45, 7) is 0. The van der Waals surface area contributed by atoms with Gasteiger partial charge >= 0.3 is 0 Å². The molecule has 1 aromatic carbocycles. The summed E-state index contributed by atoms with van der Waals surface area (Å²) in [7, 11) is 0. The Morgan fingerprint density at radius 3 is 2.65 bits per heavy atom. The second kappa shape index (κ2) is 5.76. The molecule has 4 nitrogen and oxygen atoms in total. The number of benzene rings is 1. The number of halogens is 1. The number of aromatic nitrogens is 2. The predicted molar refractivity (Wildman–Crippen MR) is 89.0 cm³/mol. The highest BCUT2D eigenvalue weighted by atomic mass is 127. The van der Waals surface area contributed by atoms with Crippen molar-refractivity contribution in [3.8, 4) is 11.3 Å². The van der Waals surface area contributed by atoms with Gasteiger partial charge in [0.15, 0.2) is 0 Å². The number of rotatable bonds is 3. The highest BCUT2D eigenvalue weighted by molar-refractivity contribution is 14.1. The van der Waals surface area contributed by atoms with Crippen molar-refractivity contribution in [1.82, 2.24) is 10.2 Å². The molecule has 3 aromatic rings. The van der Waals surface area contributed by atoms with Gasteiger partial charge in [-0.25, -0.2) is 0 Å². The first-order chi connectivity index (χ1) is 9.72. The van der Waals surface area contributed by atoms with E-state index in [1.165, 1.54) is 0 Å². The van der Waals surface area contributed by atoms with Gasteiger partial charge in [0.05, 0.1) is 14.1 Å². The standard InChI is InChI=1S/C14H10IN3OS/c15-13-7-10(8-20-13)14(19)17-11-3-1-9(2-4-11)12-5-6-16-18-12/h1-8H,(H,16,18)(H,17,19). The van der Waals surface area contributed by atoms with E-state index in [0.29, 0.717) is 5.56 Å². The summed E-state index contributed by atoms with van der Waals surface area (Å²) in [5.41, 5.74) is 3.46. The number of amides is 1. The highest BCUT2D eigenvalue weighted by Crippen LogP contribution is 2.21. The first kappa shape index (κ1) is 13.3. The molecule has 0 spiro atoms. The zero-order valence-corrected chi connectivity index (χ0v) is 13.2. The third-order valence-electron chi connectivity index (χ3n) is 2.78. The van der Waals surface area contributed by atoms with Crippen LogP contribution in [0.3, 0.4) is 0 Å². The number of thiophene rings is 1. The summed E-state index contributed by atoms with van der Waals surface area (Å²) < 4.78 is 1.10. The minimum atomic E-state index is -0.0848. The van der Waals surface area contributed by atoms with E-state index in [1.54, 1.807) is 17.5 Å². The summed E-state index contributed by atoms with van der Waals surface area (Å²) in [4.78, 5) is 12.0. The van der Waals surface area contributed by atoms with Gasteiger partial charge in [0, 0.05) is 17.3 Å². The zero-order valence-electron chi connectivity index (χ0n) is 10.3. The maximum Gasteiger partial charge on any atom is 0.256 e. The van der Waals surface area contributed by atoms with Gasteiger partial charge in [-0.3, -0.25) is 9.89 Å². The van der Waals surface area contributed by atoms with Gasteiger partial charge < -0.3 is 5.32 Å². The molecule has 2 N–H and O–H groups in total. The van der Waals surface area contributed by atoms with Crippen LogP contribution in [0.2, 0.25) is 0 Å². The van der Waals surface area contributed by atoms with Crippen LogP contribution < -0.4 is 5.32 Å². The molecule has 2 heterocycles. The summed E-state index contributed by atoms with van der Waals surface area (Å²) in [5.74, 6) is -0.0848. The lowest BCUT2D eigenvalue weighted by atomic mass is 10.1. The average molecular weight is 395 g/mol. The van der Waals surface area contributed by atoms with Crippen molar-refractivity contribution >= 4 is 45.5 Å². The maximum atomic E-state index is 12.0. The van der Waals surface area contributed by atoms with E-state index in [9.17, 15) is 4.79 Å². The van der Waals surface area contributed by atoms with Crippen molar-refractivity contribution in [1.29, 1.82) is 0 Å². The Balaban J connectivity index is 1.74. The number of nitrogens with zero attached hydrogens (tertiary/aromatic N) is 1. The number of carbonyl (C=O) groups is 1. The van der Waals surface area contributed by atoms with Crippen LogP contribution in [0, 0.1) is 2.88 Å². The highest BCUT2D eigenvalue weighted by Gasteiger charge is 2.08. The van der Waals surface area contributed by atoms with E-state index < -0.39 is 0 Å². The monoisotopic (exact) mass is 395 g/mol. The number of hydrogen-bond donors (Lipinski definition) is 2. The van der Waals surface area contributed by atoms with Gasteiger partial charge in [-0.2, -0.15) is 5.10 Å². The van der Waals surface area contributed by atoms with Crippen LogP contribution in [-0.4, -0.2) is 16.1 Å². The molecule has 0 aliphatic carbocycles. The Kier molecular flexibility index (Phi) is 3.83. The van der Waals surface area contributed by atoms with E-state index in [2.05, 4.69) is 38.1 Å². The molecule has 0 saturated carbocycles. The van der Waals surface area contributed by atoms with E-state index in [-0.39, 0.29) is 5.91 Å². The van der Waals surface area contributed by atoms with Crippen LogP contribution in [0.4, 0.5) is 5.69 Å². The second-order valence-electron chi connectivity index (χ2n) is 4.14. The molecule has 0 unspecified atom stereocenters. The Morgan fingerprint density at radius 1 is 1.25 bits per heavy atom. The molecule has 1 amide bonds. The number of anilines is 1. The van der Waals surface area contributed by atoms with Gasteiger partial charge in [-0.05, 0) is 52.4 Å². The number of H-pyrrole nitrogens is 1. The van der Waals surface area contributed by atoms with Crippen LogP contribution in [0.1, 0.15) is 10.4 Å². The summed E-state index contributed by atoms with van der Waals surface area (Å²) >= 11 is 3.76. The van der Waals surface area contributed by atoms with Crippen molar-refractivity contribution in [3.05, 3.63) is 56.4 Å². The molecular weight excluding hydrogens is 385 g/mol. The van der Waals surface area contributed by atoms with Crippen LogP contribution in [0.15, 0.2) is 48.0 Å². The fourth-order valence-corrected chi connectivity index (χ4v) is 3.11. The Labute approximate surface area is 133 Å². The van der Waals surface area contributed by atoms with E-state index in [1.807, 2.05) is 41.8 Å². The van der Waals surface area contributed by atoms with Crippen LogP contribution in [0.5, 0.6) is 0 Å². The minimum Gasteiger partial charge on any atom is -0.322 e. The average Bonchev–Trinajstić information content (AvgIpc) is 3.10. The quantitative estimate of drug-likeness (QED) is 0.659. The van der Waals surface area contributed by atoms with Gasteiger partial charge in [0.2, 0.25) is 0 Å². The fraction of sp³-hybridized carbons (Fsp3) is 0. The van der Waals surface area contributed by atoms with Gasteiger partial charge in [0.1, 0.15) is 0 Å². The smallest absolute Gasteiger partial charge is 0.256 e. The number of aromatic amines is 1. The third kappa shape index (κ3) is 2.91. The SMILES string of the molecule is O=C(Nc1ccc(-c2ccn[nH]2)cc1)c1csc(I)c1. The molecule has 100 valence electrons. The van der Waals surface area contributed by atoms with E-state index >= 15 is 0 Å². The van der Waals surface area contributed by atoms with Crippen molar-refractivity contribution in [2.75, 3.05) is 5.32 Å². The molecule has 0 aliphatic rings. The third-order valence-corrected chi connectivity index (χ3v) is 4.57. The van der Waals surface area contributed by atoms with E-state index in [4.69, 9.17) is 0 Å². The van der Waals surface area contributed by atoms with Crippen LogP contribution in [-0.2, 0) is 0 Å². The van der Waals surface area contributed by atoms with Crippen molar-refractivity contribution in [3.63, 3.8) is 0 Å². The molecule has 3 rings (SSSR count). The molecule has 0 saturated heterocycles. The number of nitrogens with one attached hydrogen (secondary N) is 2. The summed E-state index contributed by atoms with van der Waals surface area (Å²) in [6.07, 6.45) is 1.71. The second-order valence-corrected chi connectivity index (χ2v) is 6.95. The Hall–Kier alpha value is -1.67. The lowest BCUT2D eigenvalue weighted by Crippen LogP contribution is -2.10. The van der Waals surface area contributed by atoms with Gasteiger partial charge in [-0.15, -0.1) is 11.3 Å². The molecule has 6 heteroatoms. The molecule has 0 fully saturated rings. The summed E-state index contributed by atoms with van der Waals surface area (Å²) in [5, 5.41) is 11.6. The normalized spacial score (nSPS) is 10.4. The molecule has 20 heavy (non-hydrogen) atoms. The molecular formula is C14H10IN3OS. The van der Waals surface area contributed by atoms with Crippen molar-refractivity contribution in [2.45, 2.75) is 0 Å². The van der Waals surface area contributed by atoms with Gasteiger partial charge in [0.25, 0.3) is 5.91 Å². The van der Waals surface area contributed by atoms with E-state index in [0.717, 1.165) is 19.8 Å². The fourth-order valence-electron chi connectivity index (χ4n) is 1.78. The number of carbonyl (C=O) groups excluding carboxylic acids is 1. The van der Waals surface area contributed by atoms with Gasteiger partial charge in [-0.1, -0.05) is 12.1 Å². The lowest BCUT2D eigenvalue weighted by molar-refractivity contribution is 0.102. The number of hydrogen-bond acceptors (Lipinski definition) is 3. The summed E-state index contributed by atoms with van der Waals surface area (Å²) in [6, 6.07) is 11.4. The Morgan fingerprint density at radius 2 is 2.05 bits per heavy atom. The Bertz CT molecular complexity index is 719. The van der Waals surface area contributed by atoms with Crippen molar-refractivity contribution < 1.29 is 4.79 Å². The molecule has 0 radical (unpaired) electrons. The first-order valence-electron chi connectivity index (χ1n) is 5.87. The first-order valence-corrected chi connectivity index (χ1v) is 7.83. The largest absolute Gasteiger partial charge is 0.322 e. The molecule has 0 atom stereocenters.